The molecule has 190 valence electrons. The first kappa shape index (κ1) is 25.4. The molecule has 3 saturated heterocycles. The Bertz CT molecular complexity index is 1140. The number of fused-ring (bicyclic) bond motifs is 1. The number of aryl methyl sites for hydroxylation is 2. The number of hydrogen-bond acceptors (Lipinski definition) is 6. The van der Waals surface area contributed by atoms with Crippen molar-refractivity contribution in [1.29, 1.82) is 0 Å². The van der Waals surface area contributed by atoms with Crippen molar-refractivity contribution in [3.8, 4) is 0 Å². The number of likely N-dealkylation sites (N-methyl/N-ethyl adjacent to an activating group) is 1. The van der Waals surface area contributed by atoms with Gasteiger partial charge in [0.05, 0.1) is 23.4 Å². The third-order valence-corrected chi connectivity index (χ3v) is 6.81. The molecule has 0 radical (unpaired) electrons. The Labute approximate surface area is 206 Å². The average Bonchev–Trinajstić information content (AvgIpc) is 3.20. The van der Waals surface area contributed by atoms with Crippen LogP contribution in [0.4, 0.5) is 14.5 Å². The van der Waals surface area contributed by atoms with Gasteiger partial charge >= 0.3 is 0 Å². The standard InChI is InChI=1S/C16H18F2N4.C8H13N3.C2H6/c1-10-19-5-12-3-11(15(17)18)4-13(14(12)20-10)22-8-16(9-22)6-21(2)7-16;1-7-3-9-11(4-7)8-5-10(2)6-8;1-2/h3-5,15H,6-9H2,1-2H3;3-4,8H,5-6H2,1-2H3;1-2H3. The number of rotatable bonds is 3. The number of hydrogen-bond donors (Lipinski definition) is 0. The van der Waals surface area contributed by atoms with E-state index in [1.807, 2.05) is 27.0 Å². The summed E-state index contributed by atoms with van der Waals surface area (Å²) in [7, 11) is 4.24. The van der Waals surface area contributed by atoms with E-state index in [9.17, 15) is 8.78 Å². The molecular formula is C26H37F2N7. The molecule has 0 aliphatic carbocycles. The molecule has 0 unspecified atom stereocenters. The monoisotopic (exact) mass is 485 g/mol. The van der Waals surface area contributed by atoms with E-state index in [4.69, 9.17) is 0 Å². The Morgan fingerprint density at radius 2 is 1.66 bits per heavy atom. The first-order valence-electron chi connectivity index (χ1n) is 12.4. The fourth-order valence-electron chi connectivity index (χ4n) is 5.30. The van der Waals surface area contributed by atoms with Gasteiger partial charge in [-0.05, 0) is 45.6 Å². The molecule has 0 atom stereocenters. The molecule has 3 aliphatic heterocycles. The van der Waals surface area contributed by atoms with Crippen molar-refractivity contribution in [2.75, 3.05) is 58.3 Å². The zero-order valence-corrected chi connectivity index (χ0v) is 21.7. The van der Waals surface area contributed by atoms with Gasteiger partial charge in [-0.3, -0.25) is 4.68 Å². The summed E-state index contributed by atoms with van der Waals surface area (Å²) >= 11 is 0. The van der Waals surface area contributed by atoms with Gasteiger partial charge in [0.1, 0.15) is 5.82 Å². The van der Waals surface area contributed by atoms with Crippen LogP contribution in [0.3, 0.4) is 0 Å². The molecule has 1 aromatic carbocycles. The van der Waals surface area contributed by atoms with Crippen LogP contribution in [0.1, 0.15) is 43.3 Å². The molecule has 9 heteroatoms. The molecule has 35 heavy (non-hydrogen) atoms. The van der Waals surface area contributed by atoms with Gasteiger partial charge in [-0.25, -0.2) is 18.7 Å². The highest BCUT2D eigenvalue weighted by atomic mass is 19.3. The van der Waals surface area contributed by atoms with Crippen molar-refractivity contribution in [1.82, 2.24) is 29.5 Å². The number of benzene rings is 1. The lowest BCUT2D eigenvalue weighted by Crippen LogP contribution is -2.71. The van der Waals surface area contributed by atoms with E-state index in [1.54, 1.807) is 12.3 Å². The number of halogens is 2. The summed E-state index contributed by atoms with van der Waals surface area (Å²) in [5.41, 5.74) is 3.24. The van der Waals surface area contributed by atoms with Gasteiger partial charge in [-0.1, -0.05) is 13.8 Å². The Kier molecular flexibility index (Phi) is 7.38. The third kappa shape index (κ3) is 5.30. The minimum atomic E-state index is -2.48. The zero-order chi connectivity index (χ0) is 25.3. The molecule has 3 aromatic rings. The van der Waals surface area contributed by atoms with E-state index in [2.05, 4.69) is 61.7 Å². The van der Waals surface area contributed by atoms with E-state index in [-0.39, 0.29) is 5.56 Å². The highest BCUT2D eigenvalue weighted by Crippen LogP contribution is 2.43. The highest BCUT2D eigenvalue weighted by Gasteiger charge is 2.50. The summed E-state index contributed by atoms with van der Waals surface area (Å²) in [6, 6.07) is 3.71. The van der Waals surface area contributed by atoms with Crippen LogP contribution < -0.4 is 4.90 Å². The number of anilines is 1. The third-order valence-electron chi connectivity index (χ3n) is 6.81. The molecule has 2 aromatic heterocycles. The molecule has 1 spiro atoms. The van der Waals surface area contributed by atoms with Crippen LogP contribution in [0, 0.1) is 19.3 Å². The number of alkyl halides is 2. The van der Waals surface area contributed by atoms with E-state index in [1.165, 1.54) is 11.6 Å². The molecule has 0 amide bonds. The van der Waals surface area contributed by atoms with Gasteiger partial charge < -0.3 is 14.7 Å². The van der Waals surface area contributed by atoms with Crippen LogP contribution in [0.5, 0.6) is 0 Å². The lowest BCUT2D eigenvalue weighted by atomic mass is 9.73. The van der Waals surface area contributed by atoms with Gasteiger partial charge in [0.15, 0.2) is 0 Å². The van der Waals surface area contributed by atoms with Crippen molar-refractivity contribution < 1.29 is 8.78 Å². The normalized spacial score (nSPS) is 19.4. The van der Waals surface area contributed by atoms with E-state index in [0.717, 1.165) is 50.5 Å². The maximum Gasteiger partial charge on any atom is 0.263 e. The molecule has 5 heterocycles. The number of likely N-dealkylation sites (tertiary alicyclic amines) is 2. The second-order valence-electron chi connectivity index (χ2n) is 10.1. The first-order valence-corrected chi connectivity index (χ1v) is 12.4. The Balaban J connectivity index is 0.000000186. The Morgan fingerprint density at radius 1 is 0.971 bits per heavy atom. The van der Waals surface area contributed by atoms with E-state index < -0.39 is 6.43 Å². The molecule has 0 saturated carbocycles. The zero-order valence-electron chi connectivity index (χ0n) is 21.7. The van der Waals surface area contributed by atoms with Gasteiger partial charge in [-0.15, -0.1) is 0 Å². The van der Waals surface area contributed by atoms with Gasteiger partial charge in [-0.2, -0.15) is 5.10 Å². The quantitative estimate of drug-likeness (QED) is 0.551. The van der Waals surface area contributed by atoms with Crippen LogP contribution in [-0.2, 0) is 0 Å². The predicted octanol–water partition coefficient (Wildman–Crippen LogP) is 4.33. The van der Waals surface area contributed by atoms with Crippen LogP contribution in [-0.4, -0.2) is 82.9 Å². The number of nitrogens with zero attached hydrogens (tertiary/aromatic N) is 7. The SMILES string of the molecule is CC.Cc1cnn(C2CN(C)C2)c1.Cc1ncc2cc(C(F)F)cc(N3CC4(CN(C)C4)C3)c2n1. The van der Waals surface area contributed by atoms with Crippen LogP contribution in [0.15, 0.2) is 30.7 Å². The molecule has 3 aliphatic rings. The summed E-state index contributed by atoms with van der Waals surface area (Å²) < 4.78 is 28.4. The van der Waals surface area contributed by atoms with Gasteiger partial charge in [0, 0.05) is 68.0 Å². The van der Waals surface area contributed by atoms with Gasteiger partial charge in [0.25, 0.3) is 6.43 Å². The predicted molar refractivity (Wildman–Crippen MR) is 136 cm³/mol. The highest BCUT2D eigenvalue weighted by molar-refractivity contribution is 5.91. The summed E-state index contributed by atoms with van der Waals surface area (Å²) in [4.78, 5) is 15.4. The Morgan fingerprint density at radius 3 is 2.20 bits per heavy atom. The lowest BCUT2D eigenvalue weighted by molar-refractivity contribution is -0.00228. The lowest BCUT2D eigenvalue weighted by Gasteiger charge is -2.60. The van der Waals surface area contributed by atoms with E-state index >= 15 is 0 Å². The van der Waals surface area contributed by atoms with Crippen molar-refractivity contribution in [3.63, 3.8) is 0 Å². The molecule has 0 bridgehead atoms. The van der Waals surface area contributed by atoms with Crippen LogP contribution in [0.2, 0.25) is 0 Å². The smallest absolute Gasteiger partial charge is 0.263 e. The summed E-state index contributed by atoms with van der Waals surface area (Å²) in [6.45, 7) is 14.2. The average molecular weight is 486 g/mol. The fourth-order valence-corrected chi connectivity index (χ4v) is 5.30. The molecule has 0 N–H and O–H groups in total. The maximum absolute atomic E-state index is 13.2. The topological polar surface area (TPSA) is 53.3 Å². The molecule has 3 fully saturated rings. The first-order chi connectivity index (χ1) is 16.7. The second kappa shape index (κ2) is 10.1. The minimum Gasteiger partial charge on any atom is -0.368 e. The number of aromatic nitrogens is 4. The van der Waals surface area contributed by atoms with Crippen LogP contribution in [0.25, 0.3) is 10.9 Å². The fraction of sp³-hybridized carbons (Fsp3) is 0.577. The van der Waals surface area contributed by atoms with Crippen molar-refractivity contribution in [2.45, 2.75) is 40.2 Å². The van der Waals surface area contributed by atoms with Crippen molar-refractivity contribution in [2.24, 2.45) is 5.41 Å². The largest absolute Gasteiger partial charge is 0.368 e. The minimum absolute atomic E-state index is 0.0432. The molecule has 6 rings (SSSR count). The van der Waals surface area contributed by atoms with Crippen molar-refractivity contribution >= 4 is 16.6 Å². The second-order valence-corrected chi connectivity index (χ2v) is 10.1. The van der Waals surface area contributed by atoms with Gasteiger partial charge in [0.2, 0.25) is 0 Å². The summed E-state index contributed by atoms with van der Waals surface area (Å²) in [6.07, 6.45) is 3.19. The molecular weight excluding hydrogens is 448 g/mol. The van der Waals surface area contributed by atoms with E-state index in [0.29, 0.717) is 22.7 Å². The summed E-state index contributed by atoms with van der Waals surface area (Å²) in [5, 5.41) is 4.95. The van der Waals surface area contributed by atoms with Crippen LogP contribution >= 0.6 is 0 Å². The summed E-state index contributed by atoms with van der Waals surface area (Å²) in [5.74, 6) is 0.664. The Hall–Kier alpha value is -2.65. The maximum atomic E-state index is 13.2. The van der Waals surface area contributed by atoms with Crippen molar-refractivity contribution in [3.05, 3.63) is 47.7 Å². The molecule has 7 nitrogen and oxygen atoms in total.